The summed E-state index contributed by atoms with van der Waals surface area (Å²) in [6, 6.07) is 1.88. The molecule has 2 heterocycles. The molecular formula is C11H16N6S. The minimum absolute atomic E-state index is 0.300. The molecule has 0 aromatic carbocycles. The number of anilines is 2. The molecule has 0 saturated carbocycles. The monoisotopic (exact) mass is 264 g/mol. The van der Waals surface area contributed by atoms with Crippen molar-refractivity contribution in [3.8, 4) is 0 Å². The van der Waals surface area contributed by atoms with Gasteiger partial charge < -0.3 is 15.6 Å². The van der Waals surface area contributed by atoms with Crippen LogP contribution in [0, 0.1) is 6.92 Å². The molecule has 0 aliphatic carbocycles. The minimum atomic E-state index is 0.300. The second kappa shape index (κ2) is 5.72. The molecule has 0 fully saturated rings. The fourth-order valence-electron chi connectivity index (χ4n) is 1.49. The van der Waals surface area contributed by atoms with Crippen molar-refractivity contribution in [2.75, 3.05) is 23.3 Å². The zero-order chi connectivity index (χ0) is 13.0. The summed E-state index contributed by atoms with van der Waals surface area (Å²) in [6.45, 7) is 2.69. The van der Waals surface area contributed by atoms with E-state index in [0.717, 1.165) is 29.0 Å². The van der Waals surface area contributed by atoms with E-state index in [9.17, 15) is 0 Å². The molecule has 0 atom stereocenters. The van der Waals surface area contributed by atoms with Crippen molar-refractivity contribution in [1.29, 1.82) is 0 Å². The van der Waals surface area contributed by atoms with Crippen molar-refractivity contribution < 1.29 is 0 Å². The lowest BCUT2D eigenvalue weighted by atomic mass is 10.4. The van der Waals surface area contributed by atoms with Gasteiger partial charge in [0.15, 0.2) is 5.16 Å². The van der Waals surface area contributed by atoms with E-state index in [1.807, 2.05) is 30.8 Å². The van der Waals surface area contributed by atoms with Gasteiger partial charge in [-0.25, -0.2) is 9.97 Å². The van der Waals surface area contributed by atoms with Gasteiger partial charge in [0.2, 0.25) is 5.95 Å². The summed E-state index contributed by atoms with van der Waals surface area (Å²) < 4.78 is 2.00. The number of hydrogen-bond acceptors (Lipinski definition) is 6. The first-order valence-corrected chi connectivity index (χ1v) is 6.59. The van der Waals surface area contributed by atoms with Gasteiger partial charge in [-0.2, -0.15) is 4.98 Å². The summed E-state index contributed by atoms with van der Waals surface area (Å²) in [5.74, 6) is 1.98. The van der Waals surface area contributed by atoms with Crippen LogP contribution in [0.25, 0.3) is 0 Å². The first kappa shape index (κ1) is 12.7. The van der Waals surface area contributed by atoms with Crippen LogP contribution in [-0.4, -0.2) is 31.8 Å². The van der Waals surface area contributed by atoms with E-state index in [1.54, 1.807) is 18.0 Å². The molecule has 0 unspecified atom stereocenters. The van der Waals surface area contributed by atoms with E-state index in [2.05, 4.69) is 20.3 Å². The molecule has 0 aliphatic rings. The molecule has 7 heteroatoms. The van der Waals surface area contributed by atoms with Crippen LogP contribution in [-0.2, 0) is 7.05 Å². The topological polar surface area (TPSA) is 81.7 Å². The third kappa shape index (κ3) is 3.36. The van der Waals surface area contributed by atoms with E-state index in [4.69, 9.17) is 5.73 Å². The Balaban J connectivity index is 1.80. The fourth-order valence-corrected chi connectivity index (χ4v) is 2.28. The molecule has 2 aromatic rings. The first-order valence-electron chi connectivity index (χ1n) is 5.60. The Bertz CT molecular complexity index is 504. The lowest BCUT2D eigenvalue weighted by Gasteiger charge is -2.06. The minimum Gasteiger partial charge on any atom is -0.369 e. The number of imidazole rings is 1. The van der Waals surface area contributed by atoms with Gasteiger partial charge in [-0.15, -0.1) is 0 Å². The van der Waals surface area contributed by atoms with Gasteiger partial charge in [-0.05, 0) is 6.92 Å². The Hall–Kier alpha value is -1.76. The zero-order valence-corrected chi connectivity index (χ0v) is 11.2. The summed E-state index contributed by atoms with van der Waals surface area (Å²) in [4.78, 5) is 12.4. The molecule has 18 heavy (non-hydrogen) atoms. The Morgan fingerprint density at radius 3 is 2.94 bits per heavy atom. The molecule has 0 spiro atoms. The van der Waals surface area contributed by atoms with Crippen LogP contribution in [0.3, 0.4) is 0 Å². The average Bonchev–Trinajstić information content (AvgIpc) is 2.69. The van der Waals surface area contributed by atoms with Crippen molar-refractivity contribution in [3.05, 3.63) is 24.2 Å². The van der Waals surface area contributed by atoms with Crippen LogP contribution in [0.2, 0.25) is 0 Å². The molecule has 0 bridgehead atoms. The maximum absolute atomic E-state index is 5.58. The van der Waals surface area contributed by atoms with Gasteiger partial charge in [-0.3, -0.25) is 0 Å². The lowest BCUT2D eigenvalue weighted by molar-refractivity contribution is 0.790. The number of nitrogens with zero attached hydrogens (tertiary/aromatic N) is 4. The summed E-state index contributed by atoms with van der Waals surface area (Å²) in [6.07, 6.45) is 3.73. The van der Waals surface area contributed by atoms with Gasteiger partial charge in [0.25, 0.3) is 0 Å². The fraction of sp³-hybridized carbons (Fsp3) is 0.364. The maximum atomic E-state index is 5.58. The number of hydrogen-bond donors (Lipinski definition) is 2. The highest BCUT2D eigenvalue weighted by Crippen LogP contribution is 2.14. The average molecular weight is 264 g/mol. The van der Waals surface area contributed by atoms with E-state index in [0.29, 0.717) is 5.95 Å². The van der Waals surface area contributed by atoms with Crippen LogP contribution in [0.1, 0.15) is 5.69 Å². The number of aromatic nitrogens is 4. The zero-order valence-electron chi connectivity index (χ0n) is 10.4. The molecule has 0 amide bonds. The quantitative estimate of drug-likeness (QED) is 0.626. The molecule has 2 aromatic heterocycles. The molecule has 96 valence electrons. The Labute approximate surface area is 110 Å². The molecule has 3 N–H and O–H groups in total. The van der Waals surface area contributed by atoms with E-state index < -0.39 is 0 Å². The third-order valence-electron chi connectivity index (χ3n) is 2.29. The molecule has 0 aliphatic heterocycles. The maximum Gasteiger partial charge on any atom is 0.222 e. The molecule has 2 rings (SSSR count). The van der Waals surface area contributed by atoms with Crippen LogP contribution in [0.4, 0.5) is 11.8 Å². The molecule has 0 radical (unpaired) electrons. The van der Waals surface area contributed by atoms with E-state index in [-0.39, 0.29) is 0 Å². The van der Waals surface area contributed by atoms with Gasteiger partial charge in [-0.1, -0.05) is 11.8 Å². The van der Waals surface area contributed by atoms with Gasteiger partial charge in [0, 0.05) is 43.5 Å². The van der Waals surface area contributed by atoms with Crippen molar-refractivity contribution in [3.63, 3.8) is 0 Å². The largest absolute Gasteiger partial charge is 0.369 e. The van der Waals surface area contributed by atoms with Crippen LogP contribution < -0.4 is 11.1 Å². The molecular weight excluding hydrogens is 248 g/mol. The predicted molar refractivity (Wildman–Crippen MR) is 73.6 cm³/mol. The van der Waals surface area contributed by atoms with Crippen LogP contribution >= 0.6 is 11.8 Å². The van der Waals surface area contributed by atoms with Crippen molar-refractivity contribution in [2.24, 2.45) is 7.05 Å². The smallest absolute Gasteiger partial charge is 0.222 e. The van der Waals surface area contributed by atoms with Gasteiger partial charge >= 0.3 is 0 Å². The van der Waals surface area contributed by atoms with Crippen molar-refractivity contribution in [2.45, 2.75) is 12.1 Å². The SMILES string of the molecule is Cc1cc(NCCSc2nccn2C)nc(N)n1. The summed E-state index contributed by atoms with van der Waals surface area (Å²) in [5.41, 5.74) is 6.44. The number of nitrogens with one attached hydrogen (secondary N) is 1. The Morgan fingerprint density at radius 2 is 2.28 bits per heavy atom. The van der Waals surface area contributed by atoms with Crippen LogP contribution in [0.5, 0.6) is 0 Å². The predicted octanol–water partition coefficient (Wildman–Crippen LogP) is 1.30. The highest BCUT2D eigenvalue weighted by atomic mass is 32.2. The highest BCUT2D eigenvalue weighted by molar-refractivity contribution is 7.99. The second-order valence-electron chi connectivity index (χ2n) is 3.85. The van der Waals surface area contributed by atoms with E-state index in [1.165, 1.54) is 0 Å². The Morgan fingerprint density at radius 1 is 1.44 bits per heavy atom. The number of aryl methyl sites for hydroxylation is 2. The van der Waals surface area contributed by atoms with Gasteiger partial charge in [0.1, 0.15) is 5.82 Å². The normalized spacial score (nSPS) is 10.6. The summed E-state index contributed by atoms with van der Waals surface area (Å²) in [7, 11) is 1.98. The molecule has 6 nitrogen and oxygen atoms in total. The van der Waals surface area contributed by atoms with E-state index >= 15 is 0 Å². The first-order chi connectivity index (χ1) is 8.65. The molecule has 0 saturated heterocycles. The summed E-state index contributed by atoms with van der Waals surface area (Å²) in [5, 5.41) is 4.23. The van der Waals surface area contributed by atoms with Crippen molar-refractivity contribution in [1.82, 2.24) is 19.5 Å². The number of nitrogens with two attached hydrogens (primary N) is 1. The van der Waals surface area contributed by atoms with Crippen molar-refractivity contribution >= 4 is 23.5 Å². The Kier molecular flexibility index (Phi) is 4.03. The number of rotatable bonds is 5. The number of nitrogen functional groups attached to an aromatic ring is 1. The third-order valence-corrected chi connectivity index (χ3v) is 3.35. The second-order valence-corrected chi connectivity index (χ2v) is 4.91. The van der Waals surface area contributed by atoms with Crippen LogP contribution in [0.15, 0.2) is 23.6 Å². The summed E-state index contributed by atoms with van der Waals surface area (Å²) >= 11 is 1.70. The number of thioether (sulfide) groups is 1. The highest BCUT2D eigenvalue weighted by Gasteiger charge is 2.01. The standard InChI is InChI=1S/C11H16N6S/c1-8-7-9(16-10(12)15-8)13-4-6-18-11-14-3-5-17(11)2/h3,5,7H,4,6H2,1-2H3,(H3,12,13,15,16). The lowest BCUT2D eigenvalue weighted by Crippen LogP contribution is -2.08. The van der Waals surface area contributed by atoms with Gasteiger partial charge in [0.05, 0.1) is 0 Å².